The Morgan fingerprint density at radius 2 is 1.72 bits per heavy atom. The van der Waals surface area contributed by atoms with Crippen LogP contribution in [-0.4, -0.2) is 21.7 Å². The topological polar surface area (TPSA) is 72.0 Å². The zero-order valence-electron chi connectivity index (χ0n) is 13.6. The Kier molecular flexibility index (Phi) is 3.61. The van der Waals surface area contributed by atoms with Gasteiger partial charge in [0.05, 0.1) is 11.3 Å². The van der Waals surface area contributed by atoms with E-state index >= 15 is 0 Å². The van der Waals surface area contributed by atoms with E-state index in [0.717, 1.165) is 16.7 Å². The minimum atomic E-state index is -0.272. The van der Waals surface area contributed by atoms with E-state index in [1.165, 1.54) is 6.92 Å². The number of benzene rings is 2. The first-order chi connectivity index (χ1) is 12.1. The molecule has 122 valence electrons. The van der Waals surface area contributed by atoms with Gasteiger partial charge in [-0.25, -0.2) is 9.97 Å². The summed E-state index contributed by atoms with van der Waals surface area (Å²) < 4.78 is 0. The average molecular weight is 329 g/mol. The first-order valence-corrected chi connectivity index (χ1v) is 8.00. The van der Waals surface area contributed by atoms with E-state index < -0.39 is 0 Å². The molecule has 4 rings (SSSR count). The lowest BCUT2D eigenvalue weighted by atomic mass is 9.88. The second-order valence-electron chi connectivity index (χ2n) is 5.92. The van der Waals surface area contributed by atoms with Crippen molar-refractivity contribution in [2.75, 3.05) is 5.32 Å². The smallest absolute Gasteiger partial charge is 0.222 e. The molecule has 0 atom stereocenters. The van der Waals surface area contributed by atoms with Crippen molar-refractivity contribution >= 4 is 17.5 Å². The molecule has 1 aromatic heterocycles. The van der Waals surface area contributed by atoms with E-state index in [-0.39, 0.29) is 23.9 Å². The Morgan fingerprint density at radius 1 is 1.00 bits per heavy atom. The molecule has 5 heteroatoms. The molecule has 1 aliphatic carbocycles. The molecule has 25 heavy (non-hydrogen) atoms. The number of carbonyl (C=O) groups excluding carboxylic acids is 2. The van der Waals surface area contributed by atoms with Gasteiger partial charge >= 0.3 is 0 Å². The van der Waals surface area contributed by atoms with Crippen LogP contribution in [0, 0.1) is 0 Å². The quantitative estimate of drug-likeness (QED) is 0.781. The monoisotopic (exact) mass is 329 g/mol. The van der Waals surface area contributed by atoms with E-state index in [1.807, 2.05) is 54.6 Å². The van der Waals surface area contributed by atoms with E-state index in [4.69, 9.17) is 0 Å². The predicted octanol–water partition coefficient (Wildman–Crippen LogP) is 3.51. The van der Waals surface area contributed by atoms with Crippen molar-refractivity contribution in [1.82, 2.24) is 9.97 Å². The van der Waals surface area contributed by atoms with Crippen molar-refractivity contribution in [1.29, 1.82) is 0 Å². The standard InChI is InChI=1S/C20H15N3O2/c1-12(24)21-20-17-16(25)11-14-9-5-6-10-15(14)18(17)22-19(23-20)13-7-3-2-4-8-13/h2-10H,11H2,1H3,(H,21,22,23,24). The maximum absolute atomic E-state index is 12.7. The number of amides is 1. The van der Waals surface area contributed by atoms with Gasteiger partial charge in [-0.15, -0.1) is 0 Å². The number of anilines is 1. The number of carbonyl (C=O) groups is 2. The van der Waals surface area contributed by atoms with Crippen LogP contribution in [-0.2, 0) is 11.2 Å². The summed E-state index contributed by atoms with van der Waals surface area (Å²) in [5, 5.41) is 2.69. The third-order valence-electron chi connectivity index (χ3n) is 4.14. The maximum Gasteiger partial charge on any atom is 0.222 e. The minimum absolute atomic E-state index is 0.0861. The van der Waals surface area contributed by atoms with Gasteiger partial charge in [0, 0.05) is 24.5 Å². The van der Waals surface area contributed by atoms with Crippen molar-refractivity contribution in [3.05, 3.63) is 65.7 Å². The average Bonchev–Trinajstić information content (AvgIpc) is 2.61. The van der Waals surface area contributed by atoms with E-state index in [9.17, 15) is 9.59 Å². The van der Waals surface area contributed by atoms with E-state index in [2.05, 4.69) is 15.3 Å². The van der Waals surface area contributed by atoms with Crippen LogP contribution in [0.15, 0.2) is 54.6 Å². The second-order valence-corrected chi connectivity index (χ2v) is 5.92. The number of Topliss-reactive ketones (excluding diaryl/α,β-unsaturated/α-hetero) is 1. The lowest BCUT2D eigenvalue weighted by molar-refractivity contribution is -0.114. The van der Waals surface area contributed by atoms with Gasteiger partial charge < -0.3 is 5.32 Å². The molecule has 0 saturated carbocycles. The van der Waals surface area contributed by atoms with Gasteiger partial charge in [0.15, 0.2) is 11.6 Å². The van der Waals surface area contributed by atoms with Crippen LogP contribution in [0.25, 0.3) is 22.6 Å². The molecular formula is C20H15N3O2. The molecule has 0 saturated heterocycles. The Hall–Kier alpha value is -3.34. The molecule has 3 aromatic rings. The van der Waals surface area contributed by atoms with Crippen LogP contribution in [0.4, 0.5) is 5.82 Å². The zero-order chi connectivity index (χ0) is 17.4. The molecule has 1 heterocycles. The van der Waals surface area contributed by atoms with Crippen LogP contribution in [0.5, 0.6) is 0 Å². The maximum atomic E-state index is 12.7. The molecule has 1 N–H and O–H groups in total. The van der Waals surface area contributed by atoms with Gasteiger partial charge in [0.2, 0.25) is 5.91 Å². The minimum Gasteiger partial charge on any atom is -0.310 e. The number of hydrogen-bond donors (Lipinski definition) is 1. The van der Waals surface area contributed by atoms with Crippen molar-refractivity contribution in [3.8, 4) is 22.6 Å². The Morgan fingerprint density at radius 3 is 2.48 bits per heavy atom. The van der Waals surface area contributed by atoms with Crippen LogP contribution < -0.4 is 5.32 Å². The molecule has 1 aliphatic rings. The number of hydrogen-bond acceptors (Lipinski definition) is 4. The Balaban J connectivity index is 2.01. The summed E-state index contributed by atoms with van der Waals surface area (Å²) in [4.78, 5) is 33.4. The summed E-state index contributed by atoms with van der Waals surface area (Å²) in [6.07, 6.45) is 0.282. The molecule has 0 spiro atoms. The molecule has 0 radical (unpaired) electrons. The van der Waals surface area contributed by atoms with Crippen molar-refractivity contribution in [2.45, 2.75) is 13.3 Å². The second kappa shape index (κ2) is 5.94. The molecule has 2 aromatic carbocycles. The van der Waals surface area contributed by atoms with Gasteiger partial charge in [-0.3, -0.25) is 9.59 Å². The zero-order valence-corrected chi connectivity index (χ0v) is 13.6. The third kappa shape index (κ3) is 2.70. The Labute approximate surface area is 144 Å². The SMILES string of the molecule is CC(=O)Nc1nc(-c2ccccc2)nc2c1C(=O)Cc1ccccc1-2. The summed E-state index contributed by atoms with van der Waals surface area (Å²) in [6, 6.07) is 17.2. The lowest BCUT2D eigenvalue weighted by Gasteiger charge is -2.21. The highest BCUT2D eigenvalue weighted by Crippen LogP contribution is 2.36. The summed E-state index contributed by atoms with van der Waals surface area (Å²) in [7, 11) is 0. The molecule has 5 nitrogen and oxygen atoms in total. The van der Waals surface area contributed by atoms with Crippen LogP contribution in [0.1, 0.15) is 22.8 Å². The summed E-state index contributed by atoms with van der Waals surface area (Å²) in [5.41, 5.74) is 3.63. The van der Waals surface area contributed by atoms with Gasteiger partial charge in [0.25, 0.3) is 0 Å². The van der Waals surface area contributed by atoms with Crippen molar-refractivity contribution < 1.29 is 9.59 Å². The first kappa shape index (κ1) is 15.2. The van der Waals surface area contributed by atoms with Crippen LogP contribution in [0.3, 0.4) is 0 Å². The summed E-state index contributed by atoms with van der Waals surface area (Å²) >= 11 is 0. The third-order valence-corrected chi connectivity index (χ3v) is 4.14. The number of ketones is 1. The number of nitrogens with zero attached hydrogens (tertiary/aromatic N) is 2. The highest BCUT2D eigenvalue weighted by Gasteiger charge is 2.29. The van der Waals surface area contributed by atoms with E-state index in [1.54, 1.807) is 0 Å². The van der Waals surface area contributed by atoms with Gasteiger partial charge in [-0.1, -0.05) is 54.6 Å². The fourth-order valence-electron chi connectivity index (χ4n) is 3.06. The summed E-state index contributed by atoms with van der Waals surface area (Å²) in [6.45, 7) is 1.40. The highest BCUT2D eigenvalue weighted by molar-refractivity contribution is 6.11. The summed E-state index contributed by atoms with van der Waals surface area (Å²) in [5.74, 6) is 0.395. The number of fused-ring (bicyclic) bond motifs is 3. The molecule has 0 unspecified atom stereocenters. The molecule has 1 amide bonds. The number of nitrogens with one attached hydrogen (secondary N) is 1. The highest BCUT2D eigenvalue weighted by atomic mass is 16.1. The van der Waals surface area contributed by atoms with Gasteiger partial charge in [0.1, 0.15) is 5.82 Å². The largest absolute Gasteiger partial charge is 0.310 e. The first-order valence-electron chi connectivity index (χ1n) is 8.00. The fourth-order valence-corrected chi connectivity index (χ4v) is 3.06. The number of rotatable bonds is 2. The molecule has 0 aliphatic heterocycles. The van der Waals surface area contributed by atoms with E-state index in [0.29, 0.717) is 17.1 Å². The van der Waals surface area contributed by atoms with Crippen molar-refractivity contribution in [2.24, 2.45) is 0 Å². The molecule has 0 fully saturated rings. The molecular weight excluding hydrogens is 314 g/mol. The Bertz CT molecular complexity index is 997. The van der Waals surface area contributed by atoms with Crippen LogP contribution >= 0.6 is 0 Å². The fraction of sp³-hybridized carbons (Fsp3) is 0.100. The number of aromatic nitrogens is 2. The van der Waals surface area contributed by atoms with Gasteiger partial charge in [-0.05, 0) is 5.56 Å². The molecule has 0 bridgehead atoms. The van der Waals surface area contributed by atoms with Crippen molar-refractivity contribution in [3.63, 3.8) is 0 Å². The predicted molar refractivity (Wildman–Crippen MR) is 95.2 cm³/mol. The normalized spacial score (nSPS) is 12.3. The lowest BCUT2D eigenvalue weighted by Crippen LogP contribution is -2.20. The van der Waals surface area contributed by atoms with Crippen LogP contribution in [0.2, 0.25) is 0 Å². The van der Waals surface area contributed by atoms with Gasteiger partial charge in [-0.2, -0.15) is 0 Å².